The van der Waals surface area contributed by atoms with Gasteiger partial charge in [0.1, 0.15) is 17.8 Å². The molecule has 1 aliphatic carbocycles. The van der Waals surface area contributed by atoms with Crippen LogP contribution >= 0.6 is 23.2 Å². The first kappa shape index (κ1) is 28.5. The number of methoxy groups -OCH3 is 1. The van der Waals surface area contributed by atoms with E-state index in [0.717, 1.165) is 15.9 Å². The molecule has 3 aromatic carbocycles. The van der Waals surface area contributed by atoms with E-state index in [1.165, 1.54) is 0 Å². The Morgan fingerprint density at radius 3 is 1.85 bits per heavy atom. The van der Waals surface area contributed by atoms with Gasteiger partial charge in [0.2, 0.25) is 4.33 Å². The lowest BCUT2D eigenvalue weighted by Crippen LogP contribution is -2.72. The van der Waals surface area contributed by atoms with Gasteiger partial charge in [-0.3, -0.25) is 4.79 Å². The first-order valence-corrected chi connectivity index (χ1v) is 15.8. The summed E-state index contributed by atoms with van der Waals surface area (Å²) in [6.45, 7) is 6.87. The Bertz CT molecular complexity index is 1240. The zero-order valence-electron chi connectivity index (χ0n) is 22.6. The molecule has 0 amide bonds. The normalized spacial score (nSPS) is 26.5. The van der Waals surface area contributed by atoms with Crippen molar-refractivity contribution in [1.82, 2.24) is 0 Å². The van der Waals surface area contributed by atoms with Crippen molar-refractivity contribution in [1.29, 1.82) is 0 Å². The summed E-state index contributed by atoms with van der Waals surface area (Å²) in [7, 11) is -1.49. The second-order valence-electron chi connectivity index (χ2n) is 11.2. The highest BCUT2D eigenvalue weighted by atomic mass is 35.5. The van der Waals surface area contributed by atoms with E-state index < -0.39 is 36.7 Å². The van der Waals surface area contributed by atoms with Gasteiger partial charge in [0.05, 0.1) is 6.61 Å². The zero-order chi connectivity index (χ0) is 27.9. The molecule has 1 aliphatic heterocycles. The van der Waals surface area contributed by atoms with Crippen LogP contribution in [0.3, 0.4) is 0 Å². The van der Waals surface area contributed by atoms with Crippen molar-refractivity contribution in [3.63, 3.8) is 0 Å². The average Bonchev–Trinajstić information content (AvgIpc) is 3.25. The molecule has 1 heterocycles. The number of hydrogen-bond acceptors (Lipinski definition) is 5. The summed E-state index contributed by atoms with van der Waals surface area (Å²) >= 11 is 13.4. The molecule has 4 atom stereocenters. The highest BCUT2D eigenvalue weighted by molar-refractivity contribution is 6.99. The van der Waals surface area contributed by atoms with Gasteiger partial charge in [-0.15, -0.1) is 0 Å². The zero-order valence-corrected chi connectivity index (χ0v) is 25.1. The quantitative estimate of drug-likeness (QED) is 0.262. The van der Waals surface area contributed by atoms with E-state index in [9.17, 15) is 4.79 Å². The summed E-state index contributed by atoms with van der Waals surface area (Å²) in [5.74, 6) is -0.305. The molecule has 0 N–H and O–H groups in total. The molecule has 1 saturated heterocycles. The molecule has 39 heavy (non-hydrogen) atoms. The van der Waals surface area contributed by atoms with Crippen molar-refractivity contribution in [2.24, 2.45) is 0 Å². The van der Waals surface area contributed by atoms with Crippen LogP contribution in [0, 0.1) is 0 Å². The molecule has 0 bridgehead atoms. The van der Waals surface area contributed by atoms with Crippen LogP contribution in [0.15, 0.2) is 91.0 Å². The Balaban J connectivity index is 1.64. The van der Waals surface area contributed by atoms with Gasteiger partial charge < -0.3 is 18.6 Å². The fourth-order valence-corrected chi connectivity index (χ4v) is 11.1. The van der Waals surface area contributed by atoms with Gasteiger partial charge in [-0.25, -0.2) is 0 Å². The van der Waals surface area contributed by atoms with E-state index in [4.69, 9.17) is 41.8 Å². The minimum atomic E-state index is -3.05. The number of rotatable bonds is 8. The third-order valence-electron chi connectivity index (χ3n) is 7.89. The third-order valence-corrected chi connectivity index (χ3v) is 14.0. The first-order chi connectivity index (χ1) is 18.6. The lowest BCUT2D eigenvalue weighted by atomic mass is 9.73. The van der Waals surface area contributed by atoms with E-state index in [2.05, 4.69) is 45.0 Å². The maximum atomic E-state index is 12.6. The van der Waals surface area contributed by atoms with Gasteiger partial charge in [0.15, 0.2) is 12.1 Å². The van der Waals surface area contributed by atoms with E-state index in [0.29, 0.717) is 0 Å². The number of ether oxygens (including phenoxy) is 3. The Morgan fingerprint density at radius 1 is 0.897 bits per heavy atom. The summed E-state index contributed by atoms with van der Waals surface area (Å²) in [5, 5.41) is 1.91. The number of Topliss-reactive ketones (excluding diaryl/α,β-unsaturated/α-hetero) is 1. The molecule has 8 heteroatoms. The van der Waals surface area contributed by atoms with Crippen molar-refractivity contribution < 1.29 is 23.4 Å². The van der Waals surface area contributed by atoms with Crippen molar-refractivity contribution in [2.75, 3.05) is 7.11 Å². The number of carbonyl (C=O) groups is 1. The molecule has 3 aromatic rings. The first-order valence-electron chi connectivity index (χ1n) is 13.1. The monoisotopic (exact) mass is 584 g/mol. The van der Waals surface area contributed by atoms with Crippen LogP contribution in [0.2, 0.25) is 5.04 Å². The van der Waals surface area contributed by atoms with Crippen molar-refractivity contribution >= 4 is 47.7 Å². The van der Waals surface area contributed by atoms with Crippen molar-refractivity contribution in [3.8, 4) is 0 Å². The Hall–Kier alpha value is -2.03. The van der Waals surface area contributed by atoms with Gasteiger partial charge in [0, 0.05) is 13.5 Å². The van der Waals surface area contributed by atoms with Gasteiger partial charge in [0.25, 0.3) is 8.32 Å². The summed E-state index contributed by atoms with van der Waals surface area (Å²) in [5.41, 5.74) is -0.336. The molecule has 5 rings (SSSR count). The van der Waals surface area contributed by atoms with Crippen LogP contribution in [-0.2, 0) is 30.0 Å². The summed E-state index contributed by atoms with van der Waals surface area (Å²) in [6, 6.07) is 30.5. The smallest absolute Gasteiger partial charge is 0.261 e. The van der Waals surface area contributed by atoms with E-state index in [1.807, 2.05) is 66.7 Å². The number of benzene rings is 3. The number of alkyl halides is 2. The number of carbonyl (C=O) groups excluding carboxylic acids is 1. The minimum absolute atomic E-state index is 0.0138. The molecular formula is C31H34Cl2O5Si. The molecule has 0 radical (unpaired) electrons. The molecule has 206 valence electrons. The SMILES string of the molecule is CO[C@@H]1O[C@@]2(CC(=O)C2(Cl)Cl)C(OCc2ccccc2)[C@H]1O[Si](c1ccccc1)(c1ccccc1)C(C)(C)C. The molecule has 1 unspecified atom stereocenters. The number of hydrogen-bond donors (Lipinski definition) is 0. The summed E-state index contributed by atoms with van der Waals surface area (Å²) < 4.78 is 24.5. The Kier molecular flexibility index (Phi) is 7.85. The Morgan fingerprint density at radius 2 is 1.41 bits per heavy atom. The fraction of sp³-hybridized carbons (Fsp3) is 0.387. The number of ketones is 1. The van der Waals surface area contributed by atoms with Gasteiger partial charge >= 0.3 is 0 Å². The van der Waals surface area contributed by atoms with Gasteiger partial charge in [-0.05, 0) is 21.0 Å². The predicted octanol–water partition coefficient (Wildman–Crippen LogP) is 5.41. The Labute approximate surface area is 241 Å². The van der Waals surface area contributed by atoms with Crippen LogP contribution in [0.5, 0.6) is 0 Å². The molecule has 1 saturated carbocycles. The highest BCUT2D eigenvalue weighted by Crippen LogP contribution is 2.58. The van der Waals surface area contributed by atoms with Crippen molar-refractivity contribution in [3.05, 3.63) is 96.6 Å². The van der Waals surface area contributed by atoms with Crippen LogP contribution in [0.4, 0.5) is 0 Å². The third kappa shape index (κ3) is 4.70. The second-order valence-corrected chi connectivity index (χ2v) is 16.8. The van der Waals surface area contributed by atoms with E-state index >= 15 is 0 Å². The maximum absolute atomic E-state index is 12.6. The molecule has 2 fully saturated rings. The topological polar surface area (TPSA) is 54.0 Å². The van der Waals surface area contributed by atoms with Crippen LogP contribution < -0.4 is 10.4 Å². The van der Waals surface area contributed by atoms with Crippen molar-refractivity contribution in [2.45, 2.75) is 67.3 Å². The second kappa shape index (κ2) is 10.7. The van der Waals surface area contributed by atoms with Crippen LogP contribution in [0.1, 0.15) is 32.8 Å². The fourth-order valence-electron chi connectivity index (χ4n) is 5.92. The average molecular weight is 586 g/mol. The standard InChI is InChI=1S/C31H34Cl2O5Si/c1-29(2,3)39(23-16-10-6-11-17-23,24-18-12-7-13-19-24)38-26-27(36-21-22-14-8-5-9-15-22)30(37-28(26)35-4)20-25(34)31(30,32)33/h5-19,26-28H,20-21H2,1-4H3/t26-,27?,28-,30+/m1/s1. The predicted molar refractivity (Wildman–Crippen MR) is 156 cm³/mol. The van der Waals surface area contributed by atoms with Gasteiger partial charge in [-0.1, -0.05) is 135 Å². The molecule has 2 aliphatic rings. The minimum Gasteiger partial charge on any atom is -0.396 e. The molecule has 1 spiro atoms. The molecule has 0 aromatic heterocycles. The lowest BCUT2D eigenvalue weighted by molar-refractivity contribution is -0.205. The summed E-state index contributed by atoms with van der Waals surface area (Å²) in [4.78, 5) is 12.6. The van der Waals surface area contributed by atoms with Crippen LogP contribution in [0.25, 0.3) is 0 Å². The van der Waals surface area contributed by atoms with E-state index in [1.54, 1.807) is 7.11 Å². The lowest BCUT2D eigenvalue weighted by Gasteiger charge is -2.50. The maximum Gasteiger partial charge on any atom is 0.261 e. The highest BCUT2D eigenvalue weighted by Gasteiger charge is 2.76. The largest absolute Gasteiger partial charge is 0.396 e. The number of halogens is 2. The summed E-state index contributed by atoms with van der Waals surface area (Å²) in [6.07, 6.45) is -2.32. The molecule has 5 nitrogen and oxygen atoms in total. The van der Waals surface area contributed by atoms with Gasteiger partial charge in [-0.2, -0.15) is 0 Å². The van der Waals surface area contributed by atoms with Crippen LogP contribution in [-0.4, -0.2) is 49.6 Å². The molecular weight excluding hydrogens is 551 g/mol. The van der Waals surface area contributed by atoms with E-state index in [-0.39, 0.29) is 23.8 Å².